The van der Waals surface area contributed by atoms with Crippen molar-refractivity contribution < 1.29 is 9.90 Å². The van der Waals surface area contributed by atoms with Crippen LogP contribution in [0.3, 0.4) is 0 Å². The van der Waals surface area contributed by atoms with Crippen LogP contribution in [0.2, 0.25) is 0 Å². The van der Waals surface area contributed by atoms with E-state index < -0.39 is 11.5 Å². The van der Waals surface area contributed by atoms with Crippen molar-refractivity contribution in [3.63, 3.8) is 0 Å². The lowest BCUT2D eigenvalue weighted by Gasteiger charge is -2.38. The normalized spacial score (nSPS) is 17.9. The molecule has 0 aromatic heterocycles. The predicted molar refractivity (Wildman–Crippen MR) is 67.6 cm³/mol. The highest BCUT2D eigenvalue weighted by atomic mass is 16.4. The van der Waals surface area contributed by atoms with Crippen molar-refractivity contribution in [3.05, 3.63) is 0 Å². The number of carboxylic acids is 1. The quantitative estimate of drug-likeness (QED) is 0.736. The van der Waals surface area contributed by atoms with Crippen molar-refractivity contribution in [2.24, 2.45) is 5.92 Å². The molecule has 0 aromatic rings. The lowest BCUT2D eigenvalue weighted by Crippen LogP contribution is -2.59. The van der Waals surface area contributed by atoms with Crippen molar-refractivity contribution in [3.8, 4) is 0 Å². The Morgan fingerprint density at radius 1 is 1.31 bits per heavy atom. The van der Waals surface area contributed by atoms with Gasteiger partial charge in [-0.05, 0) is 39.5 Å². The average Bonchev–Trinajstić information content (AvgIpc) is 2.13. The molecule has 0 aliphatic heterocycles. The molecule has 0 saturated heterocycles. The molecule has 16 heavy (non-hydrogen) atoms. The van der Waals surface area contributed by atoms with Gasteiger partial charge in [0.2, 0.25) is 0 Å². The van der Waals surface area contributed by atoms with E-state index >= 15 is 0 Å². The van der Waals surface area contributed by atoms with Gasteiger partial charge in [0.05, 0.1) is 0 Å². The van der Waals surface area contributed by atoms with Gasteiger partial charge in [0.15, 0.2) is 0 Å². The van der Waals surface area contributed by atoms with E-state index in [0.29, 0.717) is 18.8 Å². The molecule has 2 unspecified atom stereocenters. The van der Waals surface area contributed by atoms with Gasteiger partial charge in [-0.25, -0.2) is 0 Å². The van der Waals surface area contributed by atoms with Crippen molar-refractivity contribution >= 4 is 5.97 Å². The zero-order valence-electron chi connectivity index (χ0n) is 11.6. The fourth-order valence-corrected chi connectivity index (χ4v) is 2.03. The molecular weight excluding hydrogens is 202 g/mol. The highest BCUT2D eigenvalue weighted by Gasteiger charge is 2.40. The summed E-state index contributed by atoms with van der Waals surface area (Å²) >= 11 is 0. The van der Waals surface area contributed by atoms with E-state index in [-0.39, 0.29) is 5.54 Å². The standard InChI is InChI=1S/C13H27NO2/c1-7-10(3)9-13(8-2,11(15)16)14-12(4,5)6/h10,14H,7-9H2,1-6H3,(H,15,16). The Balaban J connectivity index is 4.93. The van der Waals surface area contributed by atoms with Crippen LogP contribution >= 0.6 is 0 Å². The second kappa shape index (κ2) is 5.67. The summed E-state index contributed by atoms with van der Waals surface area (Å²) in [6, 6.07) is 0. The molecule has 2 atom stereocenters. The first-order chi connectivity index (χ1) is 7.17. The Labute approximate surface area is 99.6 Å². The minimum Gasteiger partial charge on any atom is -0.480 e. The molecule has 0 bridgehead atoms. The molecule has 3 nitrogen and oxygen atoms in total. The van der Waals surface area contributed by atoms with Crippen LogP contribution < -0.4 is 5.32 Å². The van der Waals surface area contributed by atoms with Crippen LogP contribution in [-0.4, -0.2) is 22.2 Å². The lowest BCUT2D eigenvalue weighted by molar-refractivity contribution is -0.147. The highest BCUT2D eigenvalue weighted by molar-refractivity contribution is 5.78. The Morgan fingerprint density at radius 2 is 1.81 bits per heavy atom. The van der Waals surface area contributed by atoms with Crippen LogP contribution in [0.15, 0.2) is 0 Å². The number of nitrogens with one attached hydrogen (secondary N) is 1. The molecule has 0 rings (SSSR count). The molecule has 0 aromatic carbocycles. The summed E-state index contributed by atoms with van der Waals surface area (Å²) in [5.74, 6) is -0.309. The molecule has 0 aliphatic rings. The second-order valence-corrected chi connectivity index (χ2v) is 5.83. The van der Waals surface area contributed by atoms with Gasteiger partial charge in [-0.2, -0.15) is 0 Å². The number of hydrogen-bond acceptors (Lipinski definition) is 2. The predicted octanol–water partition coefficient (Wildman–Crippen LogP) is 3.04. The van der Waals surface area contributed by atoms with Crippen LogP contribution in [0.25, 0.3) is 0 Å². The Morgan fingerprint density at radius 3 is 2.06 bits per heavy atom. The van der Waals surface area contributed by atoms with Crippen molar-refractivity contribution in [1.82, 2.24) is 5.32 Å². The molecule has 0 heterocycles. The summed E-state index contributed by atoms with van der Waals surface area (Å²) in [5, 5.41) is 12.8. The Bertz CT molecular complexity index is 233. The van der Waals surface area contributed by atoms with E-state index in [4.69, 9.17) is 0 Å². The summed E-state index contributed by atoms with van der Waals surface area (Å²) in [4.78, 5) is 11.5. The van der Waals surface area contributed by atoms with Gasteiger partial charge in [0.1, 0.15) is 5.54 Å². The first-order valence-corrected chi connectivity index (χ1v) is 6.19. The van der Waals surface area contributed by atoms with Gasteiger partial charge in [0.25, 0.3) is 0 Å². The Hall–Kier alpha value is -0.570. The maximum Gasteiger partial charge on any atom is 0.323 e. The summed E-state index contributed by atoms with van der Waals surface area (Å²) < 4.78 is 0. The monoisotopic (exact) mass is 229 g/mol. The van der Waals surface area contributed by atoms with Gasteiger partial charge in [-0.3, -0.25) is 10.1 Å². The fraction of sp³-hybridized carbons (Fsp3) is 0.923. The smallest absolute Gasteiger partial charge is 0.323 e. The number of carboxylic acid groups (broad SMARTS) is 1. The molecule has 96 valence electrons. The van der Waals surface area contributed by atoms with Crippen molar-refractivity contribution in [2.45, 2.75) is 71.9 Å². The van der Waals surface area contributed by atoms with Gasteiger partial charge >= 0.3 is 5.97 Å². The van der Waals surface area contributed by atoms with Gasteiger partial charge < -0.3 is 5.11 Å². The minimum atomic E-state index is -0.784. The van der Waals surface area contributed by atoms with Crippen LogP contribution in [0, 0.1) is 5.92 Å². The number of hydrogen-bond donors (Lipinski definition) is 2. The second-order valence-electron chi connectivity index (χ2n) is 5.83. The van der Waals surface area contributed by atoms with Gasteiger partial charge in [-0.15, -0.1) is 0 Å². The van der Waals surface area contributed by atoms with Gasteiger partial charge in [-0.1, -0.05) is 27.2 Å². The van der Waals surface area contributed by atoms with E-state index in [0.717, 1.165) is 6.42 Å². The molecule has 0 saturated carbocycles. The van der Waals surface area contributed by atoms with Crippen LogP contribution in [0.1, 0.15) is 60.8 Å². The zero-order chi connectivity index (χ0) is 13.0. The van der Waals surface area contributed by atoms with E-state index in [1.165, 1.54) is 0 Å². The average molecular weight is 229 g/mol. The molecule has 2 N–H and O–H groups in total. The first kappa shape index (κ1) is 15.4. The van der Waals surface area contributed by atoms with Crippen molar-refractivity contribution in [1.29, 1.82) is 0 Å². The summed E-state index contributed by atoms with van der Waals surface area (Å²) in [7, 11) is 0. The molecule has 0 radical (unpaired) electrons. The molecule has 0 fully saturated rings. The Kier molecular flexibility index (Phi) is 5.47. The topological polar surface area (TPSA) is 49.3 Å². The van der Waals surface area contributed by atoms with E-state index in [1.807, 2.05) is 27.7 Å². The fourth-order valence-electron chi connectivity index (χ4n) is 2.03. The third-order valence-corrected chi connectivity index (χ3v) is 3.02. The summed E-state index contributed by atoms with van der Waals surface area (Å²) in [6.07, 6.45) is 2.32. The third kappa shape index (κ3) is 4.52. The molecule has 0 spiro atoms. The van der Waals surface area contributed by atoms with Crippen LogP contribution in [-0.2, 0) is 4.79 Å². The van der Waals surface area contributed by atoms with E-state index in [2.05, 4.69) is 19.2 Å². The first-order valence-electron chi connectivity index (χ1n) is 6.19. The lowest BCUT2D eigenvalue weighted by atomic mass is 9.82. The van der Waals surface area contributed by atoms with Crippen molar-refractivity contribution in [2.75, 3.05) is 0 Å². The van der Waals surface area contributed by atoms with Crippen LogP contribution in [0.4, 0.5) is 0 Å². The van der Waals surface area contributed by atoms with E-state index in [1.54, 1.807) is 0 Å². The zero-order valence-corrected chi connectivity index (χ0v) is 11.6. The highest BCUT2D eigenvalue weighted by Crippen LogP contribution is 2.25. The molecule has 0 amide bonds. The maximum absolute atomic E-state index is 11.5. The molecule has 3 heteroatoms. The number of carbonyl (C=O) groups is 1. The largest absolute Gasteiger partial charge is 0.480 e. The molecular formula is C13H27NO2. The molecule has 0 aliphatic carbocycles. The number of rotatable bonds is 6. The summed E-state index contributed by atoms with van der Waals surface area (Å²) in [5.41, 5.74) is -0.963. The SMILES string of the molecule is CCC(C)CC(CC)(NC(C)(C)C)C(=O)O. The third-order valence-electron chi connectivity index (χ3n) is 3.02. The summed E-state index contributed by atoms with van der Waals surface area (Å²) in [6.45, 7) is 12.2. The van der Waals surface area contributed by atoms with Crippen LogP contribution in [0.5, 0.6) is 0 Å². The van der Waals surface area contributed by atoms with E-state index in [9.17, 15) is 9.90 Å². The minimum absolute atomic E-state index is 0.179. The maximum atomic E-state index is 11.5. The van der Waals surface area contributed by atoms with Gasteiger partial charge in [0, 0.05) is 5.54 Å². The number of aliphatic carboxylic acids is 1.